The van der Waals surface area contributed by atoms with Gasteiger partial charge in [0.15, 0.2) is 0 Å². The molecular weight excluding hydrogens is 328 g/mol. The van der Waals surface area contributed by atoms with E-state index in [9.17, 15) is 9.59 Å². The van der Waals surface area contributed by atoms with Crippen LogP contribution in [0, 0.1) is 0 Å². The number of allylic oxidation sites excluding steroid dienone is 2. The van der Waals surface area contributed by atoms with Crippen molar-refractivity contribution in [2.45, 2.75) is 39.1 Å². The van der Waals surface area contributed by atoms with Crippen molar-refractivity contribution in [2.75, 3.05) is 0 Å². The summed E-state index contributed by atoms with van der Waals surface area (Å²) in [6.07, 6.45) is 2.28. The maximum Gasteiger partial charge on any atom is 0.412 e. The number of carbonyl (C=O) groups excluding carboxylic acids is 2. The molecule has 0 saturated carbocycles. The molecule has 1 atom stereocenters. The molecule has 1 aromatic carbocycles. The average molecular weight is 351 g/mol. The van der Waals surface area contributed by atoms with Crippen molar-refractivity contribution in [3.63, 3.8) is 0 Å². The lowest BCUT2D eigenvalue weighted by atomic mass is 10.2. The van der Waals surface area contributed by atoms with Gasteiger partial charge < -0.3 is 10.5 Å². The van der Waals surface area contributed by atoms with E-state index in [1.165, 1.54) is 17.1 Å². The minimum absolute atomic E-state index is 0.241. The largest absolute Gasteiger partial charge is 0.444 e. The molecule has 0 aliphatic carbocycles. The predicted molar refractivity (Wildman–Crippen MR) is 95.5 cm³/mol. The highest BCUT2D eigenvalue weighted by Crippen LogP contribution is 2.16. The Balaban J connectivity index is 2.99. The molecule has 130 valence electrons. The minimum Gasteiger partial charge on any atom is -0.444 e. The second-order valence-electron chi connectivity index (χ2n) is 6.28. The third-order valence-electron chi connectivity index (χ3n) is 2.91. The Morgan fingerprint density at radius 1 is 1.38 bits per heavy atom. The summed E-state index contributed by atoms with van der Waals surface area (Å²) in [4.78, 5) is 24.4. The second-order valence-corrected chi connectivity index (χ2v) is 6.71. The van der Waals surface area contributed by atoms with Gasteiger partial charge >= 0.3 is 6.09 Å². The van der Waals surface area contributed by atoms with Crippen molar-refractivity contribution >= 4 is 24.0 Å². The van der Waals surface area contributed by atoms with Crippen LogP contribution in [0.5, 0.6) is 0 Å². The van der Waals surface area contributed by atoms with Gasteiger partial charge in [0.05, 0.1) is 6.54 Å². The van der Waals surface area contributed by atoms with E-state index < -0.39 is 17.9 Å². The molecular formula is C18H23ClN2O3. The summed E-state index contributed by atoms with van der Waals surface area (Å²) >= 11 is 5.88. The number of aldehydes is 1. The van der Waals surface area contributed by atoms with Crippen molar-refractivity contribution in [3.8, 4) is 0 Å². The minimum atomic E-state index is -0.771. The number of amides is 1. The Kier molecular flexibility index (Phi) is 7.19. The first-order valence-corrected chi connectivity index (χ1v) is 7.82. The summed E-state index contributed by atoms with van der Waals surface area (Å²) in [5.74, 6) is 0. The van der Waals surface area contributed by atoms with E-state index in [2.05, 4.69) is 6.58 Å². The van der Waals surface area contributed by atoms with Gasteiger partial charge in [-0.3, -0.25) is 9.69 Å². The van der Waals surface area contributed by atoms with E-state index in [1.54, 1.807) is 45.0 Å². The highest BCUT2D eigenvalue weighted by Gasteiger charge is 2.25. The van der Waals surface area contributed by atoms with Crippen LogP contribution < -0.4 is 5.73 Å². The molecule has 0 aromatic heterocycles. The highest BCUT2D eigenvalue weighted by atomic mass is 35.5. The van der Waals surface area contributed by atoms with E-state index >= 15 is 0 Å². The molecule has 0 bridgehead atoms. The van der Waals surface area contributed by atoms with E-state index in [4.69, 9.17) is 22.1 Å². The Hall–Kier alpha value is -2.11. The quantitative estimate of drug-likeness (QED) is 0.367. The van der Waals surface area contributed by atoms with Crippen LogP contribution in [0.2, 0.25) is 5.02 Å². The first-order chi connectivity index (χ1) is 11.1. The zero-order valence-electron chi connectivity index (χ0n) is 14.2. The lowest BCUT2D eigenvalue weighted by Crippen LogP contribution is -2.46. The van der Waals surface area contributed by atoms with Crippen molar-refractivity contribution in [1.29, 1.82) is 0 Å². The molecule has 0 aliphatic heterocycles. The van der Waals surface area contributed by atoms with Crippen molar-refractivity contribution in [1.82, 2.24) is 4.90 Å². The Morgan fingerprint density at radius 3 is 2.46 bits per heavy atom. The fourth-order valence-electron chi connectivity index (χ4n) is 1.76. The molecule has 1 aromatic rings. The zero-order chi connectivity index (χ0) is 18.3. The summed E-state index contributed by atoms with van der Waals surface area (Å²) in [6, 6.07) is 7.08. The van der Waals surface area contributed by atoms with E-state index in [0.717, 1.165) is 5.56 Å². The molecule has 0 spiro atoms. The van der Waals surface area contributed by atoms with Gasteiger partial charge in [-0.05, 0) is 44.5 Å². The van der Waals surface area contributed by atoms with Gasteiger partial charge in [-0.25, -0.2) is 4.79 Å². The van der Waals surface area contributed by atoms with Gasteiger partial charge in [0, 0.05) is 10.6 Å². The number of carbonyl (C=O) groups is 2. The van der Waals surface area contributed by atoms with Gasteiger partial charge in [-0.2, -0.15) is 0 Å². The normalized spacial score (nSPS) is 12.7. The van der Waals surface area contributed by atoms with Gasteiger partial charge in [-0.1, -0.05) is 36.4 Å². The summed E-state index contributed by atoms with van der Waals surface area (Å²) in [5.41, 5.74) is 6.54. The summed E-state index contributed by atoms with van der Waals surface area (Å²) in [6.45, 7) is 9.12. The molecule has 6 heteroatoms. The number of benzene rings is 1. The number of hydrogen-bond donors (Lipinski definition) is 1. The fraction of sp³-hybridized carbons (Fsp3) is 0.333. The first kappa shape index (κ1) is 19.9. The average Bonchev–Trinajstić information content (AvgIpc) is 2.49. The molecule has 1 unspecified atom stereocenters. The van der Waals surface area contributed by atoms with Gasteiger partial charge in [0.2, 0.25) is 0 Å². The highest BCUT2D eigenvalue weighted by molar-refractivity contribution is 6.30. The molecule has 5 nitrogen and oxygen atoms in total. The number of hydrogen-bond acceptors (Lipinski definition) is 4. The van der Waals surface area contributed by atoms with Gasteiger partial charge in [-0.15, -0.1) is 0 Å². The predicted octanol–water partition coefficient (Wildman–Crippen LogP) is 3.67. The maximum atomic E-state index is 12.5. The Labute approximate surface area is 147 Å². The maximum absolute atomic E-state index is 12.5. The topological polar surface area (TPSA) is 72.6 Å². The standard InChI is InChI=1S/C18H23ClN2O3/c1-13(12-22)5-10-16(20)21(17(23)24-18(2,3)4)11-14-6-8-15(19)9-7-14/h5-10,12,16H,1,11,20H2,2-4H3/b10-5-. The second kappa shape index (κ2) is 8.66. The molecule has 0 saturated heterocycles. The van der Waals surface area contributed by atoms with Crippen LogP contribution in [0.3, 0.4) is 0 Å². The number of rotatable bonds is 6. The molecule has 1 rings (SSSR count). The third-order valence-corrected chi connectivity index (χ3v) is 3.16. The number of halogens is 1. The third kappa shape index (κ3) is 6.98. The molecule has 0 fully saturated rings. The lowest BCUT2D eigenvalue weighted by Gasteiger charge is -2.30. The van der Waals surface area contributed by atoms with Crippen molar-refractivity contribution in [3.05, 3.63) is 59.2 Å². The zero-order valence-corrected chi connectivity index (χ0v) is 14.9. The molecule has 0 radical (unpaired) electrons. The SMILES string of the molecule is C=C(C=O)/C=C\C(N)N(Cc1ccc(Cl)cc1)C(=O)OC(C)(C)C. The van der Waals surface area contributed by atoms with Crippen LogP contribution in [0.15, 0.2) is 48.6 Å². The lowest BCUT2D eigenvalue weighted by molar-refractivity contribution is -0.104. The number of nitrogens with zero attached hydrogens (tertiary/aromatic N) is 1. The summed E-state index contributed by atoms with van der Waals surface area (Å²) in [5, 5.41) is 0.606. The van der Waals surface area contributed by atoms with E-state index in [0.29, 0.717) is 11.3 Å². The molecule has 1 amide bonds. The van der Waals surface area contributed by atoms with Crippen LogP contribution in [0.1, 0.15) is 26.3 Å². The van der Waals surface area contributed by atoms with Crippen LogP contribution >= 0.6 is 11.6 Å². The summed E-state index contributed by atoms with van der Waals surface area (Å²) in [7, 11) is 0. The Morgan fingerprint density at radius 2 is 1.96 bits per heavy atom. The summed E-state index contributed by atoms with van der Waals surface area (Å²) < 4.78 is 5.41. The van der Waals surface area contributed by atoms with Crippen molar-refractivity contribution in [2.24, 2.45) is 5.73 Å². The van der Waals surface area contributed by atoms with Crippen LogP contribution in [0.25, 0.3) is 0 Å². The van der Waals surface area contributed by atoms with Crippen LogP contribution in [-0.4, -0.2) is 29.0 Å². The van der Waals surface area contributed by atoms with Gasteiger partial charge in [0.25, 0.3) is 0 Å². The molecule has 2 N–H and O–H groups in total. The first-order valence-electron chi connectivity index (χ1n) is 7.44. The van der Waals surface area contributed by atoms with Crippen LogP contribution in [0.4, 0.5) is 4.79 Å². The smallest absolute Gasteiger partial charge is 0.412 e. The fourth-order valence-corrected chi connectivity index (χ4v) is 1.89. The van der Waals surface area contributed by atoms with E-state index in [1.807, 2.05) is 0 Å². The van der Waals surface area contributed by atoms with E-state index in [-0.39, 0.29) is 12.1 Å². The van der Waals surface area contributed by atoms with Crippen LogP contribution in [-0.2, 0) is 16.1 Å². The number of ether oxygens (including phenoxy) is 1. The molecule has 24 heavy (non-hydrogen) atoms. The monoisotopic (exact) mass is 350 g/mol. The molecule has 0 aliphatic rings. The number of nitrogens with two attached hydrogens (primary N) is 1. The Bertz CT molecular complexity index is 618. The molecule has 0 heterocycles. The van der Waals surface area contributed by atoms with Crippen molar-refractivity contribution < 1.29 is 14.3 Å². The van der Waals surface area contributed by atoms with Gasteiger partial charge in [0.1, 0.15) is 18.1 Å².